The van der Waals surface area contributed by atoms with E-state index in [0.29, 0.717) is 0 Å². The molecule has 1 heterocycles. The van der Waals surface area contributed by atoms with Crippen molar-refractivity contribution in [1.29, 1.82) is 0 Å². The maximum absolute atomic E-state index is 11.4. The molecule has 0 aromatic carbocycles. The second-order valence-corrected chi connectivity index (χ2v) is 4.98. The first-order chi connectivity index (χ1) is 7.74. The third-order valence-corrected chi connectivity index (χ3v) is 4.06. The van der Waals surface area contributed by atoms with E-state index >= 15 is 0 Å². The fourth-order valence-electron chi connectivity index (χ4n) is 3.12. The number of hydrogen-bond donors (Lipinski definition) is 1. The molecular formula is C12H22N2O2. The lowest BCUT2D eigenvalue weighted by Gasteiger charge is -2.27. The molecule has 2 aliphatic rings. The number of nitrogens with zero attached hydrogens (tertiary/aromatic N) is 1. The van der Waals surface area contributed by atoms with Gasteiger partial charge in [0.05, 0.1) is 7.11 Å². The number of rotatable bonds is 5. The Morgan fingerprint density at radius 3 is 2.88 bits per heavy atom. The molecule has 4 nitrogen and oxygen atoms in total. The third kappa shape index (κ3) is 2.38. The number of methoxy groups -OCH3 is 1. The van der Waals surface area contributed by atoms with E-state index in [1.807, 2.05) is 7.05 Å². The molecule has 3 atom stereocenters. The standard InChI is InChI=1S/C12H22N2O2/c1-13-11(12(15)16-2)5-6-14-8-9-3-4-10(14)7-9/h9-11,13H,3-8H2,1-2H3. The average Bonchev–Trinajstić information content (AvgIpc) is 2.91. The molecule has 0 aromatic rings. The quantitative estimate of drug-likeness (QED) is 0.698. The molecule has 0 radical (unpaired) electrons. The van der Waals surface area contributed by atoms with Crippen molar-refractivity contribution in [1.82, 2.24) is 10.2 Å². The number of ether oxygens (including phenoxy) is 1. The van der Waals surface area contributed by atoms with E-state index < -0.39 is 0 Å². The predicted octanol–water partition coefficient (Wildman–Crippen LogP) is 0.622. The Bertz CT molecular complexity index is 257. The lowest BCUT2D eigenvalue weighted by molar-refractivity contribution is -0.143. The van der Waals surface area contributed by atoms with Crippen LogP contribution in [-0.4, -0.2) is 50.2 Å². The minimum absolute atomic E-state index is 0.146. The van der Waals surface area contributed by atoms with Crippen LogP contribution in [0.5, 0.6) is 0 Å². The van der Waals surface area contributed by atoms with Gasteiger partial charge in [-0.15, -0.1) is 0 Å². The number of hydrogen-bond acceptors (Lipinski definition) is 4. The molecule has 1 saturated carbocycles. The molecule has 2 rings (SSSR count). The Labute approximate surface area is 97.3 Å². The van der Waals surface area contributed by atoms with Gasteiger partial charge in [0.15, 0.2) is 0 Å². The minimum atomic E-state index is -0.149. The molecule has 2 fully saturated rings. The molecule has 0 aromatic heterocycles. The SMILES string of the molecule is CNC(CCN1CC2CCC1C2)C(=O)OC. The van der Waals surface area contributed by atoms with Crippen molar-refractivity contribution in [3.05, 3.63) is 0 Å². The lowest BCUT2D eigenvalue weighted by atomic mass is 10.1. The summed E-state index contributed by atoms with van der Waals surface area (Å²) in [5.74, 6) is 0.781. The van der Waals surface area contributed by atoms with Crippen molar-refractivity contribution in [3.63, 3.8) is 0 Å². The minimum Gasteiger partial charge on any atom is -0.468 e. The van der Waals surface area contributed by atoms with Gasteiger partial charge in [0.2, 0.25) is 0 Å². The number of esters is 1. The van der Waals surface area contributed by atoms with Gasteiger partial charge >= 0.3 is 5.97 Å². The molecule has 1 aliphatic carbocycles. The van der Waals surface area contributed by atoms with Gasteiger partial charge in [0, 0.05) is 19.1 Å². The van der Waals surface area contributed by atoms with Gasteiger partial charge in [0.25, 0.3) is 0 Å². The summed E-state index contributed by atoms with van der Waals surface area (Å²) in [6.45, 7) is 2.25. The molecule has 3 unspecified atom stereocenters. The smallest absolute Gasteiger partial charge is 0.322 e. The maximum atomic E-state index is 11.4. The molecule has 4 heteroatoms. The number of fused-ring (bicyclic) bond motifs is 2. The Kier molecular flexibility index (Phi) is 3.82. The Morgan fingerprint density at radius 2 is 2.38 bits per heavy atom. The summed E-state index contributed by atoms with van der Waals surface area (Å²) in [7, 11) is 3.27. The molecular weight excluding hydrogens is 204 g/mol. The first kappa shape index (κ1) is 11.9. The average molecular weight is 226 g/mol. The van der Waals surface area contributed by atoms with E-state index in [0.717, 1.165) is 24.9 Å². The van der Waals surface area contributed by atoms with Crippen LogP contribution >= 0.6 is 0 Å². The van der Waals surface area contributed by atoms with E-state index in [9.17, 15) is 4.79 Å². The van der Waals surface area contributed by atoms with E-state index in [4.69, 9.17) is 4.74 Å². The zero-order chi connectivity index (χ0) is 11.5. The predicted molar refractivity (Wildman–Crippen MR) is 62.2 cm³/mol. The van der Waals surface area contributed by atoms with Crippen LogP contribution in [0.1, 0.15) is 25.7 Å². The highest BCUT2D eigenvalue weighted by molar-refractivity contribution is 5.75. The molecule has 1 N–H and O–H groups in total. The second kappa shape index (κ2) is 5.15. The number of piperidine rings is 1. The summed E-state index contributed by atoms with van der Waals surface area (Å²) in [4.78, 5) is 13.9. The van der Waals surface area contributed by atoms with Crippen LogP contribution in [0.25, 0.3) is 0 Å². The summed E-state index contributed by atoms with van der Waals surface area (Å²) in [5.41, 5.74) is 0. The van der Waals surface area contributed by atoms with Crippen LogP contribution < -0.4 is 5.32 Å². The normalized spacial score (nSPS) is 30.6. The van der Waals surface area contributed by atoms with Crippen LogP contribution in [0.15, 0.2) is 0 Å². The summed E-state index contributed by atoms with van der Waals surface area (Å²) >= 11 is 0. The molecule has 1 saturated heterocycles. The molecule has 0 amide bonds. The van der Waals surface area contributed by atoms with Crippen molar-refractivity contribution in [2.45, 2.75) is 37.8 Å². The Hall–Kier alpha value is -0.610. The Morgan fingerprint density at radius 1 is 1.56 bits per heavy atom. The van der Waals surface area contributed by atoms with Crippen LogP contribution in [-0.2, 0) is 9.53 Å². The van der Waals surface area contributed by atoms with Crippen LogP contribution in [0.3, 0.4) is 0 Å². The topological polar surface area (TPSA) is 41.6 Å². The molecule has 92 valence electrons. The molecule has 16 heavy (non-hydrogen) atoms. The molecule has 0 spiro atoms. The number of nitrogens with one attached hydrogen (secondary N) is 1. The zero-order valence-electron chi connectivity index (χ0n) is 10.2. The van der Waals surface area contributed by atoms with E-state index in [1.54, 1.807) is 0 Å². The number of carbonyl (C=O) groups is 1. The van der Waals surface area contributed by atoms with Crippen LogP contribution in [0.2, 0.25) is 0 Å². The van der Waals surface area contributed by atoms with Crippen molar-refractivity contribution in [3.8, 4) is 0 Å². The number of carbonyl (C=O) groups excluding carboxylic acids is 1. The van der Waals surface area contributed by atoms with Gasteiger partial charge in [-0.05, 0) is 38.6 Å². The summed E-state index contributed by atoms with van der Waals surface area (Å²) in [6, 6.07) is 0.643. The van der Waals surface area contributed by atoms with Gasteiger partial charge in [-0.3, -0.25) is 4.79 Å². The summed E-state index contributed by atoms with van der Waals surface area (Å²) in [6.07, 6.45) is 5.00. The van der Waals surface area contributed by atoms with Crippen LogP contribution in [0.4, 0.5) is 0 Å². The van der Waals surface area contributed by atoms with Crippen molar-refractivity contribution >= 4 is 5.97 Å². The largest absolute Gasteiger partial charge is 0.468 e. The fourth-order valence-corrected chi connectivity index (χ4v) is 3.12. The lowest BCUT2D eigenvalue weighted by Crippen LogP contribution is -2.40. The zero-order valence-corrected chi connectivity index (χ0v) is 10.2. The van der Waals surface area contributed by atoms with Crippen LogP contribution in [0, 0.1) is 5.92 Å². The first-order valence-corrected chi connectivity index (χ1v) is 6.23. The highest BCUT2D eigenvalue weighted by Crippen LogP contribution is 2.37. The third-order valence-electron chi connectivity index (χ3n) is 4.06. The molecule has 1 aliphatic heterocycles. The van der Waals surface area contributed by atoms with E-state index in [1.165, 1.54) is 32.9 Å². The van der Waals surface area contributed by atoms with Crippen molar-refractivity contribution in [2.75, 3.05) is 27.2 Å². The van der Waals surface area contributed by atoms with Gasteiger partial charge in [0.1, 0.15) is 6.04 Å². The van der Waals surface area contributed by atoms with Crippen molar-refractivity contribution in [2.24, 2.45) is 5.92 Å². The number of likely N-dealkylation sites (N-methyl/N-ethyl adjacent to an activating group) is 1. The van der Waals surface area contributed by atoms with Gasteiger partial charge in [-0.1, -0.05) is 0 Å². The van der Waals surface area contributed by atoms with E-state index in [2.05, 4.69) is 10.2 Å². The van der Waals surface area contributed by atoms with Gasteiger partial charge in [-0.25, -0.2) is 0 Å². The highest BCUT2D eigenvalue weighted by Gasteiger charge is 2.37. The van der Waals surface area contributed by atoms with Gasteiger partial charge < -0.3 is 15.0 Å². The maximum Gasteiger partial charge on any atom is 0.322 e. The Balaban J connectivity index is 1.76. The number of likely N-dealkylation sites (tertiary alicyclic amines) is 1. The van der Waals surface area contributed by atoms with Crippen molar-refractivity contribution < 1.29 is 9.53 Å². The molecule has 2 bridgehead atoms. The first-order valence-electron chi connectivity index (χ1n) is 6.23. The second-order valence-electron chi connectivity index (χ2n) is 4.98. The van der Waals surface area contributed by atoms with Gasteiger partial charge in [-0.2, -0.15) is 0 Å². The fraction of sp³-hybridized carbons (Fsp3) is 0.917. The highest BCUT2D eigenvalue weighted by atomic mass is 16.5. The summed E-state index contributed by atoms with van der Waals surface area (Å²) < 4.78 is 4.76. The van der Waals surface area contributed by atoms with E-state index in [-0.39, 0.29) is 12.0 Å². The monoisotopic (exact) mass is 226 g/mol. The summed E-state index contributed by atoms with van der Waals surface area (Å²) in [5, 5.41) is 3.02.